The van der Waals surface area contributed by atoms with Crippen molar-refractivity contribution in [3.05, 3.63) is 24.3 Å². The molecule has 0 heterocycles. The number of rotatable bonds is 1. The van der Waals surface area contributed by atoms with E-state index in [1.807, 2.05) is 0 Å². The summed E-state index contributed by atoms with van der Waals surface area (Å²) in [5.41, 5.74) is 0. The Labute approximate surface area is 75.7 Å². The third-order valence-electron chi connectivity index (χ3n) is 1.20. The van der Waals surface area contributed by atoms with Gasteiger partial charge in [-0.2, -0.15) is 0 Å². The first-order valence-corrected chi connectivity index (χ1v) is 3.72. The highest BCUT2D eigenvalue weighted by atomic mass is 32.1. The highest BCUT2D eigenvalue weighted by Gasteiger charge is 2.01. The summed E-state index contributed by atoms with van der Waals surface area (Å²) in [6.07, 6.45) is -0.720. The molecule has 0 saturated heterocycles. The van der Waals surface area contributed by atoms with E-state index in [9.17, 15) is 4.79 Å². The van der Waals surface area contributed by atoms with Crippen LogP contribution >= 0.6 is 12.6 Å². The fourth-order valence-corrected chi connectivity index (χ4v) is 0.801. The first-order valence-electron chi connectivity index (χ1n) is 3.27. The maximum Gasteiger partial charge on any atom is 0.513 e. The molecule has 0 aliphatic rings. The summed E-state index contributed by atoms with van der Waals surface area (Å²) in [4.78, 5) is 11.4. The van der Waals surface area contributed by atoms with Crippen LogP contribution < -0.4 is 4.74 Å². The smallest absolute Gasteiger partial charge is 0.437 e. The summed E-state index contributed by atoms with van der Waals surface area (Å²) in [5.74, 6) is 0.444. The molecule has 0 atom stereocenters. The van der Waals surface area contributed by atoms with Gasteiger partial charge in [0, 0.05) is 4.90 Å². The molecule has 12 heavy (non-hydrogen) atoms. The second-order valence-corrected chi connectivity index (χ2v) is 2.57. The van der Waals surface area contributed by atoms with Crippen molar-refractivity contribution in [1.82, 2.24) is 0 Å². The minimum Gasteiger partial charge on any atom is -0.437 e. The molecule has 0 amide bonds. The lowest BCUT2D eigenvalue weighted by Crippen LogP contribution is -2.06. The van der Waals surface area contributed by atoms with Gasteiger partial charge in [0.05, 0.1) is 7.11 Å². The summed E-state index contributed by atoms with van der Waals surface area (Å²) in [6.45, 7) is 0. The van der Waals surface area contributed by atoms with Crippen LogP contribution in [0.25, 0.3) is 0 Å². The van der Waals surface area contributed by atoms with E-state index in [0.717, 1.165) is 4.90 Å². The normalized spacial score (nSPS) is 9.17. The number of methoxy groups -OCH3 is 1. The van der Waals surface area contributed by atoms with Gasteiger partial charge in [-0.3, -0.25) is 0 Å². The van der Waals surface area contributed by atoms with Crippen LogP contribution in [0.4, 0.5) is 4.79 Å². The second kappa shape index (κ2) is 4.01. The fourth-order valence-electron chi connectivity index (χ4n) is 0.652. The van der Waals surface area contributed by atoms with E-state index < -0.39 is 6.16 Å². The lowest BCUT2D eigenvalue weighted by Gasteiger charge is -2.01. The van der Waals surface area contributed by atoms with Crippen molar-refractivity contribution >= 4 is 18.8 Å². The maximum atomic E-state index is 10.6. The monoisotopic (exact) mass is 184 g/mol. The van der Waals surface area contributed by atoms with Gasteiger partial charge in [-0.05, 0) is 24.3 Å². The molecule has 64 valence electrons. The lowest BCUT2D eigenvalue weighted by atomic mass is 10.3. The average Bonchev–Trinajstić information content (AvgIpc) is 2.09. The van der Waals surface area contributed by atoms with Gasteiger partial charge in [0.25, 0.3) is 0 Å². The van der Waals surface area contributed by atoms with Gasteiger partial charge < -0.3 is 9.47 Å². The number of hydrogen-bond acceptors (Lipinski definition) is 4. The Balaban J connectivity index is 2.64. The van der Waals surface area contributed by atoms with Crippen molar-refractivity contribution in [2.45, 2.75) is 4.90 Å². The van der Waals surface area contributed by atoms with Crippen LogP contribution in [0.15, 0.2) is 29.2 Å². The Hall–Kier alpha value is -1.16. The molecule has 0 bridgehead atoms. The van der Waals surface area contributed by atoms with Crippen molar-refractivity contribution in [1.29, 1.82) is 0 Å². The number of thiol groups is 1. The van der Waals surface area contributed by atoms with Crippen LogP contribution in [-0.4, -0.2) is 13.3 Å². The van der Waals surface area contributed by atoms with Gasteiger partial charge in [-0.1, -0.05) is 0 Å². The molecular weight excluding hydrogens is 176 g/mol. The number of carbonyl (C=O) groups is 1. The summed E-state index contributed by atoms with van der Waals surface area (Å²) < 4.78 is 9.03. The van der Waals surface area contributed by atoms with Crippen molar-refractivity contribution in [3.63, 3.8) is 0 Å². The molecule has 0 aliphatic carbocycles. The number of carbonyl (C=O) groups excluding carboxylic acids is 1. The molecule has 0 saturated carbocycles. The largest absolute Gasteiger partial charge is 0.513 e. The molecule has 4 heteroatoms. The number of hydrogen-bond donors (Lipinski definition) is 1. The summed E-state index contributed by atoms with van der Waals surface area (Å²) in [5, 5.41) is 0. The van der Waals surface area contributed by atoms with Crippen LogP contribution in [0.3, 0.4) is 0 Å². The molecule has 1 aromatic carbocycles. The van der Waals surface area contributed by atoms with Gasteiger partial charge in [-0.25, -0.2) is 4.79 Å². The summed E-state index contributed by atoms with van der Waals surface area (Å²) in [6, 6.07) is 6.72. The first-order chi connectivity index (χ1) is 5.72. The minimum atomic E-state index is -0.720. The summed E-state index contributed by atoms with van der Waals surface area (Å²) >= 11 is 4.07. The Bertz CT molecular complexity index is 268. The Morgan fingerprint density at radius 3 is 2.42 bits per heavy atom. The van der Waals surface area contributed by atoms with Crippen LogP contribution in [0.1, 0.15) is 0 Å². The van der Waals surface area contributed by atoms with Gasteiger partial charge in [-0.15, -0.1) is 12.6 Å². The Morgan fingerprint density at radius 1 is 1.33 bits per heavy atom. The average molecular weight is 184 g/mol. The third-order valence-corrected chi connectivity index (χ3v) is 1.50. The zero-order valence-corrected chi connectivity index (χ0v) is 7.38. The number of ether oxygens (including phenoxy) is 2. The van der Waals surface area contributed by atoms with E-state index in [4.69, 9.17) is 4.74 Å². The molecule has 1 aromatic rings. The lowest BCUT2D eigenvalue weighted by molar-refractivity contribution is 0.121. The summed E-state index contributed by atoms with van der Waals surface area (Å²) in [7, 11) is 1.26. The molecule has 0 radical (unpaired) electrons. The molecular formula is C8H8O3S. The topological polar surface area (TPSA) is 35.5 Å². The molecule has 0 fully saturated rings. The number of benzene rings is 1. The Morgan fingerprint density at radius 2 is 1.92 bits per heavy atom. The van der Waals surface area contributed by atoms with Crippen molar-refractivity contribution in [3.8, 4) is 5.75 Å². The quantitative estimate of drug-likeness (QED) is 0.412. The fraction of sp³-hybridized carbons (Fsp3) is 0.125. The first kappa shape index (κ1) is 8.93. The zero-order chi connectivity index (χ0) is 8.97. The Kier molecular flexibility index (Phi) is 2.99. The highest BCUT2D eigenvalue weighted by molar-refractivity contribution is 7.80. The molecule has 0 aliphatic heterocycles. The van der Waals surface area contributed by atoms with E-state index in [-0.39, 0.29) is 0 Å². The van der Waals surface area contributed by atoms with Crippen LogP contribution in [0.5, 0.6) is 5.75 Å². The van der Waals surface area contributed by atoms with E-state index in [0.29, 0.717) is 5.75 Å². The molecule has 0 N–H and O–H groups in total. The van der Waals surface area contributed by atoms with Crippen molar-refractivity contribution in [2.75, 3.05) is 7.11 Å². The molecule has 0 unspecified atom stereocenters. The van der Waals surface area contributed by atoms with Gasteiger partial charge >= 0.3 is 6.16 Å². The van der Waals surface area contributed by atoms with E-state index >= 15 is 0 Å². The SMILES string of the molecule is COC(=O)Oc1ccc(S)cc1. The van der Waals surface area contributed by atoms with Gasteiger partial charge in [0.1, 0.15) is 5.75 Å². The van der Waals surface area contributed by atoms with E-state index in [1.54, 1.807) is 24.3 Å². The van der Waals surface area contributed by atoms with E-state index in [2.05, 4.69) is 17.4 Å². The van der Waals surface area contributed by atoms with Crippen LogP contribution in [0, 0.1) is 0 Å². The van der Waals surface area contributed by atoms with Gasteiger partial charge in [0.15, 0.2) is 0 Å². The molecule has 1 rings (SSSR count). The van der Waals surface area contributed by atoms with Crippen molar-refractivity contribution < 1.29 is 14.3 Å². The predicted molar refractivity (Wildman–Crippen MR) is 46.7 cm³/mol. The van der Waals surface area contributed by atoms with Crippen LogP contribution in [-0.2, 0) is 4.74 Å². The van der Waals surface area contributed by atoms with Crippen LogP contribution in [0.2, 0.25) is 0 Å². The maximum absolute atomic E-state index is 10.6. The second-order valence-electron chi connectivity index (χ2n) is 2.05. The minimum absolute atomic E-state index is 0.444. The standard InChI is InChI=1S/C8H8O3S/c1-10-8(9)11-6-2-4-7(12)5-3-6/h2-5,12H,1H3. The zero-order valence-electron chi connectivity index (χ0n) is 6.48. The molecule has 0 aromatic heterocycles. The van der Waals surface area contributed by atoms with Crippen molar-refractivity contribution in [2.24, 2.45) is 0 Å². The molecule has 0 spiro atoms. The molecule has 3 nitrogen and oxygen atoms in total. The van der Waals surface area contributed by atoms with Gasteiger partial charge in [0.2, 0.25) is 0 Å². The third kappa shape index (κ3) is 2.47. The van der Waals surface area contributed by atoms with E-state index in [1.165, 1.54) is 7.11 Å². The highest BCUT2D eigenvalue weighted by Crippen LogP contribution is 2.14. The predicted octanol–water partition coefficient (Wildman–Crippen LogP) is 2.12.